The molecule has 0 bridgehead atoms. The van der Waals surface area contributed by atoms with Crippen molar-refractivity contribution in [3.05, 3.63) is 52.4 Å². The quantitative estimate of drug-likeness (QED) is 0.682. The Labute approximate surface area is 102 Å². The second-order valence-corrected chi connectivity index (χ2v) is 5.38. The Morgan fingerprint density at radius 2 is 1.82 bits per heavy atom. The van der Waals surface area contributed by atoms with Crippen molar-refractivity contribution in [2.75, 3.05) is 0 Å². The van der Waals surface area contributed by atoms with Crippen LogP contribution in [-0.4, -0.2) is 0 Å². The summed E-state index contributed by atoms with van der Waals surface area (Å²) >= 11 is 0. The monoisotopic (exact) mass is 220 g/mol. The number of hydrogen-bond acceptors (Lipinski definition) is 0. The minimum Gasteiger partial charge on any atom is -0.0836 e. The van der Waals surface area contributed by atoms with Gasteiger partial charge >= 0.3 is 0 Å². The van der Waals surface area contributed by atoms with E-state index in [1.165, 1.54) is 40.8 Å². The van der Waals surface area contributed by atoms with Gasteiger partial charge in [0.15, 0.2) is 0 Å². The van der Waals surface area contributed by atoms with Gasteiger partial charge in [0.25, 0.3) is 0 Å². The van der Waals surface area contributed by atoms with Crippen LogP contribution in [0, 0.1) is 11.8 Å². The summed E-state index contributed by atoms with van der Waals surface area (Å²) in [5.41, 5.74) is 2.77. The standard InChI is InChI=1S/C17H16/c1-2-4-12(5-3-1)13-6-7-14-9-16-11-17(16)10-15(14)8-13/h2,4-10,16-17H,1,3,11H2. The van der Waals surface area contributed by atoms with Gasteiger partial charge in [-0.25, -0.2) is 0 Å². The van der Waals surface area contributed by atoms with E-state index < -0.39 is 0 Å². The molecule has 0 heteroatoms. The number of rotatable bonds is 1. The van der Waals surface area contributed by atoms with Crippen molar-refractivity contribution in [3.8, 4) is 0 Å². The van der Waals surface area contributed by atoms with Crippen molar-refractivity contribution >= 4 is 17.7 Å². The fourth-order valence-electron chi connectivity index (χ4n) is 2.96. The zero-order valence-electron chi connectivity index (χ0n) is 9.89. The Bertz CT molecular complexity index is 643. The maximum Gasteiger partial charge on any atom is -0.0155 e. The van der Waals surface area contributed by atoms with Crippen LogP contribution >= 0.6 is 0 Å². The molecule has 17 heavy (non-hydrogen) atoms. The molecular formula is C17H16. The predicted molar refractivity (Wildman–Crippen MR) is 72.6 cm³/mol. The van der Waals surface area contributed by atoms with Crippen LogP contribution in [0.25, 0.3) is 17.7 Å². The molecule has 0 radical (unpaired) electrons. The van der Waals surface area contributed by atoms with E-state index in [0.29, 0.717) is 0 Å². The van der Waals surface area contributed by atoms with Gasteiger partial charge in [-0.2, -0.15) is 0 Å². The Kier molecular flexibility index (Phi) is 1.93. The first-order valence-electron chi connectivity index (χ1n) is 6.61. The molecule has 0 aromatic heterocycles. The molecule has 1 aromatic rings. The van der Waals surface area contributed by atoms with Crippen LogP contribution < -0.4 is 10.4 Å². The molecule has 1 saturated carbocycles. The summed E-state index contributed by atoms with van der Waals surface area (Å²) in [5.74, 6) is 1.69. The molecular weight excluding hydrogens is 204 g/mol. The molecule has 0 nitrogen and oxygen atoms in total. The smallest absolute Gasteiger partial charge is 0.0155 e. The molecule has 0 heterocycles. The van der Waals surface area contributed by atoms with Gasteiger partial charge in [-0.15, -0.1) is 0 Å². The highest BCUT2D eigenvalue weighted by Crippen LogP contribution is 2.41. The summed E-state index contributed by atoms with van der Waals surface area (Å²) < 4.78 is 0. The van der Waals surface area contributed by atoms with Crippen molar-refractivity contribution < 1.29 is 0 Å². The molecule has 0 amide bonds. The van der Waals surface area contributed by atoms with Crippen LogP contribution in [0.3, 0.4) is 0 Å². The van der Waals surface area contributed by atoms with Crippen LogP contribution in [0.4, 0.5) is 0 Å². The molecule has 2 unspecified atom stereocenters. The van der Waals surface area contributed by atoms with Crippen LogP contribution in [0.1, 0.15) is 24.8 Å². The van der Waals surface area contributed by atoms with E-state index in [9.17, 15) is 0 Å². The minimum atomic E-state index is 0.841. The SMILES string of the molecule is C1=CC(c2ccc3c(c2)=CC2CC2C=3)=CCC1. The van der Waals surface area contributed by atoms with E-state index >= 15 is 0 Å². The zero-order valence-corrected chi connectivity index (χ0v) is 9.89. The second-order valence-electron chi connectivity index (χ2n) is 5.38. The largest absolute Gasteiger partial charge is 0.0836 e. The Morgan fingerprint density at radius 3 is 2.65 bits per heavy atom. The van der Waals surface area contributed by atoms with E-state index in [1.54, 1.807) is 0 Å². The maximum absolute atomic E-state index is 2.47. The summed E-state index contributed by atoms with van der Waals surface area (Å²) in [7, 11) is 0. The summed E-state index contributed by atoms with van der Waals surface area (Å²) in [6, 6.07) is 6.92. The summed E-state index contributed by atoms with van der Waals surface area (Å²) in [6.45, 7) is 0. The van der Waals surface area contributed by atoms with Crippen molar-refractivity contribution in [2.45, 2.75) is 19.3 Å². The number of benzene rings is 1. The van der Waals surface area contributed by atoms with E-state index in [4.69, 9.17) is 0 Å². The topological polar surface area (TPSA) is 0 Å². The van der Waals surface area contributed by atoms with Crippen molar-refractivity contribution in [3.63, 3.8) is 0 Å². The van der Waals surface area contributed by atoms with Gasteiger partial charge in [0.2, 0.25) is 0 Å². The van der Waals surface area contributed by atoms with E-state index in [0.717, 1.165) is 11.8 Å². The predicted octanol–water partition coefficient (Wildman–Crippen LogP) is 2.63. The van der Waals surface area contributed by atoms with Crippen molar-refractivity contribution in [1.29, 1.82) is 0 Å². The van der Waals surface area contributed by atoms with Crippen molar-refractivity contribution in [1.82, 2.24) is 0 Å². The lowest BCUT2D eigenvalue weighted by atomic mass is 9.97. The number of fused-ring (bicyclic) bond motifs is 2. The van der Waals surface area contributed by atoms with Gasteiger partial charge in [-0.1, -0.05) is 42.5 Å². The van der Waals surface area contributed by atoms with E-state index in [2.05, 4.69) is 48.6 Å². The fraction of sp³-hybridized carbons (Fsp3) is 0.294. The Balaban J connectivity index is 1.85. The highest BCUT2D eigenvalue weighted by Gasteiger charge is 2.34. The molecule has 3 aliphatic carbocycles. The van der Waals surface area contributed by atoms with Crippen LogP contribution in [-0.2, 0) is 0 Å². The van der Waals surface area contributed by atoms with Gasteiger partial charge in [-0.05, 0) is 58.7 Å². The van der Waals surface area contributed by atoms with Crippen molar-refractivity contribution in [2.24, 2.45) is 11.8 Å². The van der Waals surface area contributed by atoms with Gasteiger partial charge in [0.1, 0.15) is 0 Å². The maximum atomic E-state index is 2.47. The lowest BCUT2D eigenvalue weighted by Crippen LogP contribution is -2.27. The van der Waals surface area contributed by atoms with Crippen LogP contribution in [0.15, 0.2) is 36.4 Å². The van der Waals surface area contributed by atoms with Crippen LogP contribution in [0.2, 0.25) is 0 Å². The lowest BCUT2D eigenvalue weighted by Gasteiger charge is -2.08. The lowest BCUT2D eigenvalue weighted by molar-refractivity contribution is 1.04. The molecule has 84 valence electrons. The molecule has 1 aromatic carbocycles. The van der Waals surface area contributed by atoms with Gasteiger partial charge in [0.05, 0.1) is 0 Å². The third-order valence-electron chi connectivity index (χ3n) is 4.09. The van der Waals surface area contributed by atoms with E-state index in [-0.39, 0.29) is 0 Å². The first kappa shape index (κ1) is 9.47. The molecule has 2 atom stereocenters. The van der Waals surface area contributed by atoms with Gasteiger partial charge < -0.3 is 0 Å². The average Bonchev–Trinajstić information content (AvgIpc) is 3.14. The summed E-state index contributed by atoms with van der Waals surface area (Å²) in [5, 5.41) is 2.88. The number of allylic oxidation sites excluding steroid dienone is 4. The first-order valence-corrected chi connectivity index (χ1v) is 6.61. The third-order valence-corrected chi connectivity index (χ3v) is 4.09. The molecule has 4 rings (SSSR count). The third kappa shape index (κ3) is 1.59. The summed E-state index contributed by atoms with van der Waals surface area (Å²) in [6.07, 6.45) is 15.6. The highest BCUT2D eigenvalue weighted by molar-refractivity contribution is 5.75. The second kappa shape index (κ2) is 3.46. The first-order chi connectivity index (χ1) is 8.40. The summed E-state index contributed by atoms with van der Waals surface area (Å²) in [4.78, 5) is 0. The van der Waals surface area contributed by atoms with E-state index in [1.807, 2.05) is 0 Å². The van der Waals surface area contributed by atoms with Gasteiger partial charge in [-0.3, -0.25) is 0 Å². The fourth-order valence-corrected chi connectivity index (χ4v) is 2.96. The average molecular weight is 220 g/mol. The molecule has 1 fully saturated rings. The zero-order chi connectivity index (χ0) is 11.2. The molecule has 0 spiro atoms. The van der Waals surface area contributed by atoms with Gasteiger partial charge in [0, 0.05) is 0 Å². The Morgan fingerprint density at radius 1 is 0.941 bits per heavy atom. The Hall–Kier alpha value is -1.56. The number of hydrogen-bond donors (Lipinski definition) is 0. The highest BCUT2D eigenvalue weighted by atomic mass is 14.4. The van der Waals surface area contributed by atoms with Crippen LogP contribution in [0.5, 0.6) is 0 Å². The normalized spacial score (nSPS) is 28.4. The molecule has 3 aliphatic rings. The molecule has 0 saturated heterocycles. The minimum absolute atomic E-state index is 0.841. The molecule has 0 N–H and O–H groups in total. The molecule has 0 aliphatic heterocycles.